The van der Waals surface area contributed by atoms with E-state index >= 15 is 0 Å². The molecule has 0 bridgehead atoms. The highest BCUT2D eigenvalue weighted by Crippen LogP contribution is 2.41. The number of rotatable bonds is 4. The van der Waals surface area contributed by atoms with Crippen molar-refractivity contribution in [3.63, 3.8) is 0 Å². The van der Waals surface area contributed by atoms with Crippen LogP contribution in [-0.2, 0) is 34.5 Å². The number of benzene rings is 2. The van der Waals surface area contributed by atoms with Crippen LogP contribution in [-0.4, -0.2) is 44.1 Å². The summed E-state index contributed by atoms with van der Waals surface area (Å²) >= 11 is 0. The van der Waals surface area contributed by atoms with Crippen LogP contribution in [0.1, 0.15) is 42.6 Å². The smallest absolute Gasteiger partial charge is 0.325 e. The Morgan fingerprint density at radius 1 is 1.08 bits per heavy atom. The molecule has 9 nitrogen and oxygen atoms in total. The number of urea groups is 1. The predicted octanol–water partition coefficient (Wildman–Crippen LogP) is 3.14. The maximum atomic E-state index is 14.8. The molecule has 6 rings (SSSR count). The van der Waals surface area contributed by atoms with Gasteiger partial charge < -0.3 is 15.2 Å². The molecule has 0 radical (unpaired) electrons. The van der Waals surface area contributed by atoms with Crippen molar-refractivity contribution in [1.29, 1.82) is 0 Å². The molecule has 3 aliphatic rings. The minimum absolute atomic E-state index is 0.241. The van der Waals surface area contributed by atoms with Crippen LogP contribution >= 0.6 is 0 Å². The van der Waals surface area contributed by atoms with Crippen molar-refractivity contribution in [2.75, 3.05) is 11.9 Å². The second kappa shape index (κ2) is 8.54. The third kappa shape index (κ3) is 3.55. The molecule has 1 saturated heterocycles. The summed E-state index contributed by atoms with van der Waals surface area (Å²) in [6.45, 7) is 0.270. The number of hydrogen-bond donors (Lipinski definition) is 2. The minimum atomic E-state index is -1.12. The van der Waals surface area contributed by atoms with Gasteiger partial charge in [-0.15, -0.1) is 10.2 Å². The number of hydrogen-bond acceptors (Lipinski definition) is 5. The lowest BCUT2D eigenvalue weighted by atomic mass is 9.92. The summed E-state index contributed by atoms with van der Waals surface area (Å²) in [5, 5.41) is 13.9. The fourth-order valence-electron chi connectivity index (χ4n) is 5.54. The molecule has 3 aromatic rings. The van der Waals surface area contributed by atoms with Crippen molar-refractivity contribution in [2.45, 2.75) is 50.6 Å². The summed E-state index contributed by atoms with van der Waals surface area (Å²) in [6.07, 6.45) is 4.99. The monoisotopic (exact) mass is 488 g/mol. The Bertz CT molecular complexity index is 1400. The van der Waals surface area contributed by atoms with E-state index in [2.05, 4.69) is 20.8 Å². The zero-order valence-corrected chi connectivity index (χ0v) is 19.6. The molecule has 0 saturated carbocycles. The quantitative estimate of drug-likeness (QED) is 0.549. The number of amides is 4. The lowest BCUT2D eigenvalue weighted by Gasteiger charge is -2.22. The first kappa shape index (κ1) is 22.4. The summed E-state index contributed by atoms with van der Waals surface area (Å²) in [5.74, 6) is -0.199. The van der Waals surface area contributed by atoms with E-state index in [1.54, 1.807) is 0 Å². The maximum Gasteiger partial charge on any atom is 0.325 e. The van der Waals surface area contributed by atoms with Gasteiger partial charge in [-0.05, 0) is 55.0 Å². The molecular formula is C26H25FN6O3. The molecule has 184 valence electrons. The van der Waals surface area contributed by atoms with Gasteiger partial charge in [0, 0.05) is 18.7 Å². The molecular weight excluding hydrogens is 463 g/mol. The summed E-state index contributed by atoms with van der Waals surface area (Å²) in [6, 6.07) is 11.1. The highest BCUT2D eigenvalue weighted by atomic mass is 19.1. The summed E-state index contributed by atoms with van der Waals surface area (Å²) in [7, 11) is 0. The molecule has 2 aliphatic heterocycles. The Labute approximate surface area is 206 Å². The van der Waals surface area contributed by atoms with E-state index in [0.29, 0.717) is 30.9 Å². The number of aryl methyl sites for hydroxylation is 2. The van der Waals surface area contributed by atoms with Crippen LogP contribution in [0, 0.1) is 5.82 Å². The molecule has 36 heavy (non-hydrogen) atoms. The molecule has 2 aromatic carbocycles. The average Bonchev–Trinajstić information content (AvgIpc) is 3.45. The van der Waals surface area contributed by atoms with E-state index < -0.39 is 35.7 Å². The lowest BCUT2D eigenvalue weighted by molar-refractivity contribution is -0.134. The number of imide groups is 1. The van der Waals surface area contributed by atoms with E-state index in [1.165, 1.54) is 18.2 Å². The highest BCUT2D eigenvalue weighted by Gasteiger charge is 2.55. The number of halogens is 1. The van der Waals surface area contributed by atoms with E-state index in [9.17, 15) is 18.8 Å². The van der Waals surface area contributed by atoms with Crippen molar-refractivity contribution in [2.24, 2.45) is 0 Å². The number of fused-ring (bicyclic) bond motifs is 3. The molecule has 1 aromatic heterocycles. The standard InChI is InChI=1S/C26H25FN6O3/c27-20-10-9-17(14-18(20)23-31-30-21-8-2-1-5-13-32(21)23)28-22(34)15-33-24(35)26(29-25(33)36)12-11-16-6-3-4-7-19(16)26/h3-4,6-7,9-10,14H,1-2,5,8,11-13,15H2,(H,28,34)(H,29,36). The van der Waals surface area contributed by atoms with Crippen LogP contribution in [0.25, 0.3) is 11.4 Å². The van der Waals surface area contributed by atoms with E-state index in [0.717, 1.165) is 47.5 Å². The summed E-state index contributed by atoms with van der Waals surface area (Å²) in [4.78, 5) is 39.8. The average molecular weight is 489 g/mol. The van der Waals surface area contributed by atoms with Gasteiger partial charge in [-0.25, -0.2) is 9.18 Å². The Morgan fingerprint density at radius 3 is 2.83 bits per heavy atom. The van der Waals surface area contributed by atoms with Crippen molar-refractivity contribution in [3.8, 4) is 11.4 Å². The fourth-order valence-corrected chi connectivity index (χ4v) is 5.54. The number of carbonyl (C=O) groups excluding carboxylic acids is 3. The molecule has 3 heterocycles. The van der Waals surface area contributed by atoms with Gasteiger partial charge in [0.1, 0.15) is 23.7 Å². The van der Waals surface area contributed by atoms with Gasteiger partial charge in [0.15, 0.2) is 5.82 Å². The van der Waals surface area contributed by atoms with Crippen molar-refractivity contribution in [3.05, 3.63) is 65.2 Å². The normalized spacial score (nSPS) is 20.8. The first-order valence-corrected chi connectivity index (χ1v) is 12.2. The summed E-state index contributed by atoms with van der Waals surface area (Å²) < 4.78 is 16.7. The second-order valence-corrected chi connectivity index (χ2v) is 9.53. The molecule has 4 amide bonds. The molecule has 1 spiro atoms. The number of aromatic nitrogens is 3. The van der Waals surface area contributed by atoms with E-state index in [1.807, 2.05) is 28.8 Å². The Morgan fingerprint density at radius 2 is 1.94 bits per heavy atom. The van der Waals surface area contributed by atoms with Gasteiger partial charge in [0.2, 0.25) is 5.91 Å². The van der Waals surface area contributed by atoms with E-state index in [-0.39, 0.29) is 5.56 Å². The molecule has 2 N–H and O–H groups in total. The maximum absolute atomic E-state index is 14.8. The zero-order valence-electron chi connectivity index (χ0n) is 19.6. The largest absolute Gasteiger partial charge is 0.325 e. The minimum Gasteiger partial charge on any atom is -0.325 e. The molecule has 10 heteroatoms. The number of anilines is 1. The molecule has 1 unspecified atom stereocenters. The van der Waals surface area contributed by atoms with Crippen LogP contribution < -0.4 is 10.6 Å². The lowest BCUT2D eigenvalue weighted by Crippen LogP contribution is -2.43. The van der Waals surface area contributed by atoms with Gasteiger partial charge in [-0.1, -0.05) is 30.7 Å². The van der Waals surface area contributed by atoms with Gasteiger partial charge in [0.05, 0.1) is 5.56 Å². The third-order valence-electron chi connectivity index (χ3n) is 7.32. The summed E-state index contributed by atoms with van der Waals surface area (Å²) in [5.41, 5.74) is 1.26. The van der Waals surface area contributed by atoms with Gasteiger partial charge >= 0.3 is 6.03 Å². The number of nitrogens with zero attached hydrogens (tertiary/aromatic N) is 4. The fraction of sp³-hybridized carbons (Fsp3) is 0.346. The van der Waals surface area contributed by atoms with Crippen molar-refractivity contribution in [1.82, 2.24) is 25.0 Å². The Balaban J connectivity index is 1.20. The second-order valence-electron chi connectivity index (χ2n) is 9.53. The van der Waals surface area contributed by atoms with Crippen molar-refractivity contribution < 1.29 is 18.8 Å². The number of carbonyl (C=O) groups is 3. The van der Waals surface area contributed by atoms with Crippen molar-refractivity contribution >= 4 is 23.5 Å². The van der Waals surface area contributed by atoms with Gasteiger partial charge in [-0.3, -0.25) is 14.5 Å². The Kier molecular flexibility index (Phi) is 5.31. The zero-order chi connectivity index (χ0) is 24.9. The Hall–Kier alpha value is -4.08. The number of nitrogens with one attached hydrogen (secondary N) is 2. The predicted molar refractivity (Wildman–Crippen MR) is 128 cm³/mol. The van der Waals surface area contributed by atoms with Crippen LogP contribution in [0.2, 0.25) is 0 Å². The first-order valence-electron chi connectivity index (χ1n) is 12.2. The van der Waals surface area contributed by atoms with Crippen LogP contribution in [0.3, 0.4) is 0 Å². The van der Waals surface area contributed by atoms with Crippen LogP contribution in [0.5, 0.6) is 0 Å². The topological polar surface area (TPSA) is 109 Å². The molecule has 1 aliphatic carbocycles. The van der Waals surface area contributed by atoms with Gasteiger partial charge in [-0.2, -0.15) is 0 Å². The van der Waals surface area contributed by atoms with Crippen LogP contribution in [0.4, 0.5) is 14.9 Å². The van der Waals surface area contributed by atoms with E-state index in [4.69, 9.17) is 0 Å². The highest BCUT2D eigenvalue weighted by molar-refractivity contribution is 6.11. The third-order valence-corrected chi connectivity index (χ3v) is 7.32. The molecule has 1 fully saturated rings. The first-order chi connectivity index (χ1) is 17.5. The molecule has 1 atom stereocenters. The van der Waals surface area contributed by atoms with Crippen LogP contribution in [0.15, 0.2) is 42.5 Å². The van der Waals surface area contributed by atoms with Gasteiger partial charge in [0.25, 0.3) is 5.91 Å². The SMILES string of the molecule is O=C(CN1C(=O)NC2(CCc3ccccc32)C1=O)Nc1ccc(F)c(-c2nnc3n2CCCCC3)c1.